The van der Waals surface area contributed by atoms with Crippen molar-refractivity contribution in [2.45, 2.75) is 11.3 Å². The van der Waals surface area contributed by atoms with Crippen LogP contribution >= 0.6 is 11.3 Å². The molecule has 0 aliphatic carbocycles. The number of anilines is 2. The van der Waals surface area contributed by atoms with Crippen LogP contribution in [-0.4, -0.2) is 24.1 Å². The van der Waals surface area contributed by atoms with Crippen LogP contribution in [0.25, 0.3) is 21.1 Å². The number of nitrogens with zero attached hydrogens (tertiary/aromatic N) is 2. The highest BCUT2D eigenvalue weighted by Crippen LogP contribution is 2.34. The quantitative estimate of drug-likeness (QED) is 0.581. The van der Waals surface area contributed by atoms with E-state index in [1.165, 1.54) is 0 Å². The fourth-order valence-electron chi connectivity index (χ4n) is 3.26. The highest BCUT2D eigenvalue weighted by atomic mass is 32.2. The first-order valence-corrected chi connectivity index (χ1v) is 10.4. The van der Waals surface area contributed by atoms with Crippen LogP contribution in [0.2, 0.25) is 0 Å². The molecular formula is C18H13N3O2S2. The summed E-state index contributed by atoms with van der Waals surface area (Å²) < 4.78 is 25.6. The maximum Gasteiger partial charge on any atom is 0.179 e. The molecular weight excluding hydrogens is 354 g/mol. The van der Waals surface area contributed by atoms with Crippen molar-refractivity contribution < 1.29 is 8.42 Å². The van der Waals surface area contributed by atoms with Crippen molar-refractivity contribution in [3.63, 3.8) is 0 Å². The van der Waals surface area contributed by atoms with Crippen LogP contribution < -0.4 is 5.32 Å². The molecule has 0 radical (unpaired) electrons. The molecule has 0 fully saturated rings. The van der Waals surface area contributed by atoms with E-state index in [0.717, 1.165) is 38.1 Å². The number of thiazole rings is 1. The standard InChI is InChI=1S/C18H13N3O2S2/c22-25(23)6-4-11-7-15-13(9-18(11)25)14(3-5-19-15)21-12-1-2-17-16(8-12)20-10-24-17/h1-3,5,7-10H,4,6H2,(H,19,21). The second kappa shape index (κ2) is 5.24. The summed E-state index contributed by atoms with van der Waals surface area (Å²) in [5.74, 6) is 0.182. The highest BCUT2D eigenvalue weighted by Gasteiger charge is 2.27. The molecule has 0 saturated heterocycles. The lowest BCUT2D eigenvalue weighted by atomic mass is 10.1. The molecule has 5 rings (SSSR count). The van der Waals surface area contributed by atoms with E-state index in [2.05, 4.69) is 15.3 Å². The number of hydrogen-bond acceptors (Lipinski definition) is 6. The van der Waals surface area contributed by atoms with E-state index in [4.69, 9.17) is 0 Å². The molecule has 0 spiro atoms. The first-order chi connectivity index (χ1) is 12.1. The Morgan fingerprint density at radius 3 is 2.88 bits per heavy atom. The fraction of sp³-hybridized carbons (Fsp3) is 0.111. The SMILES string of the molecule is O=S1(=O)CCc2cc3nccc(Nc4ccc5scnc5c4)c3cc21. The minimum Gasteiger partial charge on any atom is -0.355 e. The van der Waals surface area contributed by atoms with Gasteiger partial charge in [-0.05, 0) is 48.4 Å². The van der Waals surface area contributed by atoms with Gasteiger partial charge in [0.05, 0.1) is 31.9 Å². The van der Waals surface area contributed by atoms with Crippen molar-refractivity contribution >= 4 is 53.7 Å². The summed E-state index contributed by atoms with van der Waals surface area (Å²) in [6.07, 6.45) is 2.30. The monoisotopic (exact) mass is 367 g/mol. The molecule has 2 aromatic carbocycles. The van der Waals surface area contributed by atoms with Gasteiger partial charge in [0.15, 0.2) is 9.84 Å². The number of sulfone groups is 1. The molecule has 0 atom stereocenters. The van der Waals surface area contributed by atoms with Crippen molar-refractivity contribution in [2.75, 3.05) is 11.1 Å². The summed E-state index contributed by atoms with van der Waals surface area (Å²) in [6.45, 7) is 0. The van der Waals surface area contributed by atoms with E-state index in [-0.39, 0.29) is 5.75 Å². The Morgan fingerprint density at radius 2 is 1.96 bits per heavy atom. The molecule has 1 N–H and O–H groups in total. The molecule has 4 aromatic rings. The Kier molecular flexibility index (Phi) is 3.10. The van der Waals surface area contributed by atoms with Gasteiger partial charge in [-0.1, -0.05) is 0 Å². The number of fused-ring (bicyclic) bond motifs is 3. The lowest BCUT2D eigenvalue weighted by molar-refractivity contribution is 0.600. The minimum atomic E-state index is -3.17. The van der Waals surface area contributed by atoms with Crippen molar-refractivity contribution in [1.82, 2.24) is 9.97 Å². The topological polar surface area (TPSA) is 72.0 Å². The number of aromatic nitrogens is 2. The van der Waals surface area contributed by atoms with Crippen LogP contribution in [0.15, 0.2) is 53.0 Å². The zero-order valence-electron chi connectivity index (χ0n) is 13.1. The molecule has 0 unspecified atom stereocenters. The van der Waals surface area contributed by atoms with Crippen LogP contribution in [0.3, 0.4) is 0 Å². The van der Waals surface area contributed by atoms with E-state index >= 15 is 0 Å². The molecule has 3 heterocycles. The first kappa shape index (κ1) is 14.8. The van der Waals surface area contributed by atoms with Gasteiger partial charge in [-0.15, -0.1) is 11.3 Å². The number of benzene rings is 2. The zero-order chi connectivity index (χ0) is 17.0. The second-order valence-corrected chi connectivity index (χ2v) is 9.03. The van der Waals surface area contributed by atoms with Crippen LogP contribution in [0.4, 0.5) is 11.4 Å². The number of nitrogens with one attached hydrogen (secondary N) is 1. The van der Waals surface area contributed by atoms with Gasteiger partial charge < -0.3 is 5.32 Å². The third-order valence-corrected chi connectivity index (χ3v) is 7.11. The normalized spacial score (nSPS) is 15.5. The maximum absolute atomic E-state index is 12.2. The Balaban J connectivity index is 1.65. The Morgan fingerprint density at radius 1 is 1.04 bits per heavy atom. The van der Waals surface area contributed by atoms with Crippen LogP contribution in [-0.2, 0) is 16.3 Å². The Hall–Kier alpha value is -2.51. The van der Waals surface area contributed by atoms with E-state index in [1.807, 2.05) is 35.8 Å². The summed E-state index contributed by atoms with van der Waals surface area (Å²) in [7, 11) is -3.17. The molecule has 0 saturated carbocycles. The average molecular weight is 367 g/mol. The molecule has 1 aliphatic heterocycles. The number of hydrogen-bond donors (Lipinski definition) is 1. The minimum absolute atomic E-state index is 0.182. The van der Waals surface area contributed by atoms with Crippen LogP contribution in [0.5, 0.6) is 0 Å². The van der Waals surface area contributed by atoms with Gasteiger partial charge in [-0.25, -0.2) is 13.4 Å². The van der Waals surface area contributed by atoms with E-state index in [1.54, 1.807) is 23.6 Å². The molecule has 0 amide bonds. The summed E-state index contributed by atoms with van der Waals surface area (Å²) in [5.41, 5.74) is 6.18. The third-order valence-electron chi connectivity index (χ3n) is 4.51. The Labute approximate surface area is 148 Å². The van der Waals surface area contributed by atoms with Crippen molar-refractivity contribution in [3.8, 4) is 0 Å². The highest BCUT2D eigenvalue weighted by molar-refractivity contribution is 7.91. The van der Waals surface area contributed by atoms with Crippen molar-refractivity contribution in [3.05, 3.63) is 53.7 Å². The second-order valence-electron chi connectivity index (χ2n) is 6.06. The van der Waals surface area contributed by atoms with E-state index in [9.17, 15) is 8.42 Å². The maximum atomic E-state index is 12.2. The predicted molar refractivity (Wildman–Crippen MR) is 100 cm³/mol. The summed E-state index contributed by atoms with van der Waals surface area (Å²) in [6, 6.07) is 11.5. The molecule has 25 heavy (non-hydrogen) atoms. The lowest BCUT2D eigenvalue weighted by Crippen LogP contribution is -1.99. The van der Waals surface area contributed by atoms with Crippen LogP contribution in [0.1, 0.15) is 5.56 Å². The lowest BCUT2D eigenvalue weighted by Gasteiger charge is -2.11. The molecule has 1 aliphatic rings. The van der Waals surface area contributed by atoms with Crippen molar-refractivity contribution in [2.24, 2.45) is 0 Å². The average Bonchev–Trinajstić information content (AvgIpc) is 3.18. The predicted octanol–water partition coefficient (Wildman–Crippen LogP) is 3.92. The van der Waals surface area contributed by atoms with Crippen LogP contribution in [0, 0.1) is 0 Å². The van der Waals surface area contributed by atoms with Crippen molar-refractivity contribution in [1.29, 1.82) is 0 Å². The molecule has 2 aromatic heterocycles. The first-order valence-electron chi connectivity index (χ1n) is 7.85. The van der Waals surface area contributed by atoms with Gasteiger partial charge >= 0.3 is 0 Å². The third kappa shape index (κ3) is 2.39. The van der Waals surface area contributed by atoms with Gasteiger partial charge in [-0.2, -0.15) is 0 Å². The smallest absolute Gasteiger partial charge is 0.179 e. The summed E-state index contributed by atoms with van der Waals surface area (Å²) >= 11 is 1.60. The molecule has 5 nitrogen and oxygen atoms in total. The molecule has 0 bridgehead atoms. The van der Waals surface area contributed by atoms with Gasteiger partial charge in [0.25, 0.3) is 0 Å². The molecule has 7 heteroatoms. The fourth-order valence-corrected chi connectivity index (χ4v) is 5.48. The van der Waals surface area contributed by atoms with Gasteiger partial charge in [0.2, 0.25) is 0 Å². The zero-order valence-corrected chi connectivity index (χ0v) is 14.7. The summed E-state index contributed by atoms with van der Waals surface area (Å²) in [4.78, 5) is 9.18. The van der Waals surface area contributed by atoms with E-state index in [0.29, 0.717) is 11.3 Å². The number of aryl methyl sites for hydroxylation is 1. The molecule has 124 valence electrons. The van der Waals surface area contributed by atoms with Gasteiger partial charge in [0, 0.05) is 23.0 Å². The summed E-state index contributed by atoms with van der Waals surface area (Å²) in [5, 5.41) is 4.19. The van der Waals surface area contributed by atoms with Gasteiger partial charge in [0.1, 0.15) is 0 Å². The number of rotatable bonds is 2. The Bertz CT molecular complexity index is 1250. The van der Waals surface area contributed by atoms with Gasteiger partial charge in [-0.3, -0.25) is 4.98 Å². The largest absolute Gasteiger partial charge is 0.355 e. The van der Waals surface area contributed by atoms with E-state index < -0.39 is 9.84 Å². The number of pyridine rings is 1.